The van der Waals surface area contributed by atoms with E-state index in [4.69, 9.17) is 16.3 Å². The molecule has 2 aromatic carbocycles. The van der Waals surface area contributed by atoms with Crippen molar-refractivity contribution in [3.05, 3.63) is 60.1 Å². The fraction of sp³-hybridized carbons (Fsp3) is 0.200. The summed E-state index contributed by atoms with van der Waals surface area (Å²) in [4.78, 5) is 0. The summed E-state index contributed by atoms with van der Waals surface area (Å²) in [6.07, 6.45) is 0.0931. The van der Waals surface area contributed by atoms with Crippen LogP contribution >= 0.6 is 50.1 Å². The maximum absolute atomic E-state index is 10.7. The molecule has 0 saturated heterocycles. The third-order valence-corrected chi connectivity index (χ3v) is 5.02. The first-order valence-electron chi connectivity index (χ1n) is 6.14. The molecular formula is C15H11BrClIO2. The SMILES string of the molecule is OC(c1cc(Br)ccc1I)c1cc(Cl)cc2c1OCC2. The Hall–Kier alpha value is -0.300. The number of benzene rings is 2. The Morgan fingerprint density at radius 3 is 2.85 bits per heavy atom. The van der Waals surface area contributed by atoms with Crippen molar-refractivity contribution in [2.45, 2.75) is 12.5 Å². The average Bonchev–Trinajstić information content (AvgIpc) is 2.87. The lowest BCUT2D eigenvalue weighted by atomic mass is 9.98. The van der Waals surface area contributed by atoms with Gasteiger partial charge in [0.25, 0.3) is 0 Å². The van der Waals surface area contributed by atoms with Gasteiger partial charge in [-0.2, -0.15) is 0 Å². The molecule has 20 heavy (non-hydrogen) atoms. The molecule has 0 bridgehead atoms. The second kappa shape index (κ2) is 5.83. The highest BCUT2D eigenvalue weighted by Gasteiger charge is 2.24. The van der Waals surface area contributed by atoms with E-state index in [2.05, 4.69) is 38.5 Å². The Morgan fingerprint density at radius 1 is 1.25 bits per heavy atom. The van der Waals surface area contributed by atoms with Gasteiger partial charge >= 0.3 is 0 Å². The molecule has 104 valence electrons. The fourth-order valence-electron chi connectivity index (χ4n) is 2.39. The van der Waals surface area contributed by atoms with Crippen LogP contribution in [0.1, 0.15) is 22.8 Å². The average molecular weight is 466 g/mol. The third kappa shape index (κ3) is 2.71. The van der Waals surface area contributed by atoms with E-state index in [9.17, 15) is 5.11 Å². The molecule has 1 aliphatic rings. The van der Waals surface area contributed by atoms with Crippen LogP contribution in [0.25, 0.3) is 0 Å². The van der Waals surface area contributed by atoms with E-state index in [-0.39, 0.29) is 0 Å². The smallest absolute Gasteiger partial charge is 0.128 e. The van der Waals surface area contributed by atoms with Crippen LogP contribution < -0.4 is 4.74 Å². The van der Waals surface area contributed by atoms with E-state index in [1.54, 1.807) is 6.07 Å². The van der Waals surface area contributed by atoms with Gasteiger partial charge in [-0.1, -0.05) is 27.5 Å². The second-order valence-corrected chi connectivity index (χ2v) is 7.16. The van der Waals surface area contributed by atoms with E-state index in [1.807, 2.05) is 24.3 Å². The monoisotopic (exact) mass is 464 g/mol. The minimum Gasteiger partial charge on any atom is -0.493 e. The molecule has 2 nitrogen and oxygen atoms in total. The van der Waals surface area contributed by atoms with Crippen LogP contribution in [0.15, 0.2) is 34.8 Å². The number of aliphatic hydroxyl groups is 1. The van der Waals surface area contributed by atoms with Crippen LogP contribution in [-0.2, 0) is 6.42 Å². The van der Waals surface area contributed by atoms with Gasteiger partial charge in [0.15, 0.2) is 0 Å². The van der Waals surface area contributed by atoms with Gasteiger partial charge in [0.2, 0.25) is 0 Å². The van der Waals surface area contributed by atoms with Crippen LogP contribution in [0.4, 0.5) is 0 Å². The summed E-state index contributed by atoms with van der Waals surface area (Å²) in [5.74, 6) is 0.776. The zero-order chi connectivity index (χ0) is 14.3. The predicted molar refractivity (Wildman–Crippen MR) is 91.6 cm³/mol. The molecule has 0 saturated carbocycles. The van der Waals surface area contributed by atoms with Crippen molar-refractivity contribution >= 4 is 50.1 Å². The molecule has 0 spiro atoms. The van der Waals surface area contributed by atoms with Gasteiger partial charge in [0.1, 0.15) is 11.9 Å². The Labute approximate surface area is 144 Å². The van der Waals surface area contributed by atoms with E-state index >= 15 is 0 Å². The number of hydrogen-bond donors (Lipinski definition) is 1. The van der Waals surface area contributed by atoms with Gasteiger partial charge in [-0.25, -0.2) is 0 Å². The predicted octanol–water partition coefficient (Wildman–Crippen LogP) is 4.72. The van der Waals surface area contributed by atoms with Gasteiger partial charge in [-0.05, 0) is 64.0 Å². The largest absolute Gasteiger partial charge is 0.493 e. The molecular weight excluding hydrogens is 454 g/mol. The van der Waals surface area contributed by atoms with Crippen molar-refractivity contribution < 1.29 is 9.84 Å². The summed E-state index contributed by atoms with van der Waals surface area (Å²) in [6, 6.07) is 9.54. The summed E-state index contributed by atoms with van der Waals surface area (Å²) in [5, 5.41) is 11.4. The zero-order valence-corrected chi connectivity index (χ0v) is 14.9. The highest BCUT2D eigenvalue weighted by atomic mass is 127. The van der Waals surface area contributed by atoms with Crippen LogP contribution in [0.3, 0.4) is 0 Å². The molecule has 1 atom stereocenters. The van der Waals surface area contributed by atoms with Crippen molar-refractivity contribution in [2.24, 2.45) is 0 Å². The molecule has 3 rings (SSSR count). The summed E-state index contributed by atoms with van der Waals surface area (Å²) < 4.78 is 7.61. The molecule has 0 radical (unpaired) electrons. The molecule has 2 aromatic rings. The lowest BCUT2D eigenvalue weighted by molar-refractivity contribution is 0.213. The first kappa shape index (κ1) is 14.6. The second-order valence-electron chi connectivity index (χ2n) is 4.65. The van der Waals surface area contributed by atoms with Crippen LogP contribution in [0.2, 0.25) is 5.02 Å². The van der Waals surface area contributed by atoms with E-state index < -0.39 is 6.10 Å². The van der Waals surface area contributed by atoms with Crippen LogP contribution in [-0.4, -0.2) is 11.7 Å². The number of fused-ring (bicyclic) bond motifs is 1. The van der Waals surface area contributed by atoms with Gasteiger partial charge in [-0.3, -0.25) is 0 Å². The molecule has 5 heteroatoms. The van der Waals surface area contributed by atoms with Gasteiger partial charge in [-0.15, -0.1) is 0 Å². The Morgan fingerprint density at radius 2 is 2.05 bits per heavy atom. The standard InChI is InChI=1S/C15H11BrClIO2/c16-9-1-2-13(18)11(6-9)14(19)12-7-10(17)5-8-3-4-20-15(8)12/h1-2,5-7,14,19H,3-4H2. The highest BCUT2D eigenvalue weighted by molar-refractivity contribution is 14.1. The van der Waals surface area contributed by atoms with E-state index in [1.165, 1.54) is 0 Å². The van der Waals surface area contributed by atoms with Gasteiger partial charge < -0.3 is 9.84 Å². The molecule has 0 amide bonds. The highest BCUT2D eigenvalue weighted by Crippen LogP contribution is 2.39. The molecule has 1 unspecified atom stereocenters. The molecule has 0 fully saturated rings. The minimum atomic E-state index is -0.745. The van der Waals surface area contributed by atoms with Crippen molar-refractivity contribution in [2.75, 3.05) is 6.61 Å². The van der Waals surface area contributed by atoms with Gasteiger partial charge in [0, 0.05) is 25.0 Å². The summed E-state index contributed by atoms with van der Waals surface area (Å²) in [5.41, 5.74) is 2.65. The fourth-order valence-corrected chi connectivity index (χ4v) is 3.65. The van der Waals surface area contributed by atoms with Crippen molar-refractivity contribution in [1.29, 1.82) is 0 Å². The molecule has 1 N–H and O–H groups in total. The maximum Gasteiger partial charge on any atom is 0.128 e. The van der Waals surface area contributed by atoms with Crippen LogP contribution in [0.5, 0.6) is 5.75 Å². The van der Waals surface area contributed by atoms with Crippen LogP contribution in [0, 0.1) is 3.57 Å². The summed E-state index contributed by atoms with van der Waals surface area (Å²) in [6.45, 7) is 0.644. The number of ether oxygens (including phenoxy) is 1. The van der Waals surface area contributed by atoms with Crippen molar-refractivity contribution in [1.82, 2.24) is 0 Å². The van der Waals surface area contributed by atoms with Gasteiger partial charge in [0.05, 0.1) is 6.61 Å². The Bertz CT molecular complexity index is 675. The molecule has 1 aliphatic heterocycles. The Balaban J connectivity index is 2.11. The first-order valence-corrected chi connectivity index (χ1v) is 8.39. The van der Waals surface area contributed by atoms with Crippen molar-refractivity contribution in [3.8, 4) is 5.75 Å². The topological polar surface area (TPSA) is 29.5 Å². The number of hydrogen-bond acceptors (Lipinski definition) is 2. The third-order valence-electron chi connectivity index (χ3n) is 3.32. The van der Waals surface area contributed by atoms with E-state index in [0.29, 0.717) is 11.6 Å². The number of aliphatic hydroxyl groups excluding tert-OH is 1. The number of rotatable bonds is 2. The van der Waals surface area contributed by atoms with E-state index in [0.717, 1.165) is 36.9 Å². The van der Waals surface area contributed by atoms with Crippen molar-refractivity contribution in [3.63, 3.8) is 0 Å². The minimum absolute atomic E-state index is 0.633. The lowest BCUT2D eigenvalue weighted by Gasteiger charge is -2.17. The summed E-state index contributed by atoms with van der Waals surface area (Å²) >= 11 is 11.8. The quantitative estimate of drug-likeness (QED) is 0.651. The maximum atomic E-state index is 10.7. The zero-order valence-electron chi connectivity index (χ0n) is 10.4. The molecule has 0 aromatic heterocycles. The molecule has 1 heterocycles. The number of halogens is 3. The first-order chi connectivity index (χ1) is 9.56. The summed E-state index contributed by atoms with van der Waals surface area (Å²) in [7, 11) is 0. The Kier molecular flexibility index (Phi) is 4.26. The normalized spacial score (nSPS) is 14.8. The molecule has 0 aliphatic carbocycles. The lowest BCUT2D eigenvalue weighted by Crippen LogP contribution is -2.04.